The number of rotatable bonds is 4. The van der Waals surface area contributed by atoms with E-state index in [-0.39, 0.29) is 24.6 Å². The zero-order chi connectivity index (χ0) is 13.7. The topological polar surface area (TPSA) is 61.4 Å². The van der Waals surface area contributed by atoms with Crippen molar-refractivity contribution in [3.8, 4) is 0 Å². The van der Waals surface area contributed by atoms with E-state index in [1.54, 1.807) is 0 Å². The van der Waals surface area contributed by atoms with Crippen LogP contribution >= 0.6 is 0 Å². The van der Waals surface area contributed by atoms with Crippen molar-refractivity contribution in [1.29, 1.82) is 0 Å². The molecule has 1 saturated heterocycles. The van der Waals surface area contributed by atoms with E-state index >= 15 is 0 Å². The second-order valence-corrected chi connectivity index (χ2v) is 5.29. The number of benzene rings is 1. The van der Waals surface area contributed by atoms with Gasteiger partial charge in [-0.1, -0.05) is 37.3 Å². The number of amides is 1. The van der Waals surface area contributed by atoms with Crippen molar-refractivity contribution in [1.82, 2.24) is 10.6 Å². The molecular formula is C15H22N2O2. The molecule has 1 fully saturated rings. The van der Waals surface area contributed by atoms with Gasteiger partial charge in [-0.05, 0) is 30.9 Å². The lowest BCUT2D eigenvalue weighted by atomic mass is 9.93. The highest BCUT2D eigenvalue weighted by Crippen LogP contribution is 2.17. The number of piperidine rings is 1. The smallest absolute Gasteiger partial charge is 0.237 e. The molecule has 1 aliphatic heterocycles. The van der Waals surface area contributed by atoms with Gasteiger partial charge in [0.1, 0.15) is 0 Å². The largest absolute Gasteiger partial charge is 0.394 e. The van der Waals surface area contributed by atoms with Crippen LogP contribution in [0.25, 0.3) is 0 Å². The van der Waals surface area contributed by atoms with Crippen molar-refractivity contribution in [2.75, 3.05) is 13.2 Å². The Balaban J connectivity index is 1.96. The van der Waals surface area contributed by atoms with Crippen molar-refractivity contribution in [3.05, 3.63) is 35.9 Å². The van der Waals surface area contributed by atoms with Crippen molar-refractivity contribution < 1.29 is 9.90 Å². The highest BCUT2D eigenvalue weighted by atomic mass is 16.3. The number of hydrogen-bond acceptors (Lipinski definition) is 3. The summed E-state index contributed by atoms with van der Waals surface area (Å²) in [6.45, 7) is 2.97. The number of hydrogen-bond donors (Lipinski definition) is 3. The van der Waals surface area contributed by atoms with Crippen molar-refractivity contribution in [2.24, 2.45) is 5.92 Å². The second-order valence-electron chi connectivity index (χ2n) is 5.29. The maximum atomic E-state index is 12.2. The van der Waals surface area contributed by atoms with E-state index in [4.69, 9.17) is 0 Å². The molecule has 1 aromatic rings. The SMILES string of the molecule is CC1CCNC(C(=O)NC(CO)c2ccccc2)C1. The summed E-state index contributed by atoms with van der Waals surface area (Å²) in [5, 5.41) is 15.6. The molecule has 1 aromatic carbocycles. The van der Waals surface area contributed by atoms with E-state index in [9.17, 15) is 9.90 Å². The van der Waals surface area contributed by atoms with Crippen LogP contribution in [-0.2, 0) is 4.79 Å². The maximum absolute atomic E-state index is 12.2. The molecule has 3 atom stereocenters. The van der Waals surface area contributed by atoms with Crippen molar-refractivity contribution >= 4 is 5.91 Å². The highest BCUT2D eigenvalue weighted by molar-refractivity contribution is 5.82. The van der Waals surface area contributed by atoms with E-state index in [0.29, 0.717) is 5.92 Å². The fourth-order valence-electron chi connectivity index (χ4n) is 2.50. The molecular weight excluding hydrogens is 240 g/mol. The van der Waals surface area contributed by atoms with Gasteiger partial charge in [-0.25, -0.2) is 0 Å². The lowest BCUT2D eigenvalue weighted by Crippen LogP contribution is -2.49. The zero-order valence-electron chi connectivity index (χ0n) is 11.3. The fourth-order valence-corrected chi connectivity index (χ4v) is 2.50. The Hall–Kier alpha value is -1.39. The number of aliphatic hydroxyl groups is 1. The number of nitrogens with one attached hydrogen (secondary N) is 2. The van der Waals surface area contributed by atoms with Crippen LogP contribution in [0.4, 0.5) is 0 Å². The Morgan fingerprint density at radius 2 is 2.21 bits per heavy atom. The van der Waals surface area contributed by atoms with Gasteiger partial charge in [0.05, 0.1) is 18.7 Å². The fraction of sp³-hybridized carbons (Fsp3) is 0.533. The van der Waals surface area contributed by atoms with Crippen LogP contribution in [0.3, 0.4) is 0 Å². The Labute approximate surface area is 114 Å². The Kier molecular flexibility index (Phi) is 4.93. The van der Waals surface area contributed by atoms with Gasteiger partial charge in [0.25, 0.3) is 0 Å². The van der Waals surface area contributed by atoms with E-state index < -0.39 is 0 Å². The minimum Gasteiger partial charge on any atom is -0.394 e. The lowest BCUT2D eigenvalue weighted by Gasteiger charge is -2.28. The van der Waals surface area contributed by atoms with Crippen LogP contribution in [0.2, 0.25) is 0 Å². The van der Waals surface area contributed by atoms with Crippen LogP contribution in [0, 0.1) is 5.92 Å². The van der Waals surface area contributed by atoms with Crippen molar-refractivity contribution in [3.63, 3.8) is 0 Å². The molecule has 0 aliphatic carbocycles. The average molecular weight is 262 g/mol. The Morgan fingerprint density at radius 3 is 2.84 bits per heavy atom. The average Bonchev–Trinajstić information content (AvgIpc) is 2.45. The minimum absolute atomic E-state index is 0.0190. The Bertz CT molecular complexity index is 408. The molecule has 1 heterocycles. The predicted octanol–water partition coefficient (Wildman–Crippen LogP) is 1.22. The van der Waals surface area contributed by atoms with E-state index in [2.05, 4.69) is 17.6 Å². The number of carbonyl (C=O) groups excluding carboxylic acids is 1. The molecule has 19 heavy (non-hydrogen) atoms. The molecule has 0 spiro atoms. The van der Waals surface area contributed by atoms with Crippen molar-refractivity contribution in [2.45, 2.75) is 31.8 Å². The first kappa shape index (κ1) is 14.0. The molecule has 0 radical (unpaired) electrons. The highest BCUT2D eigenvalue weighted by Gasteiger charge is 2.26. The molecule has 2 rings (SSSR count). The second kappa shape index (κ2) is 6.68. The third kappa shape index (κ3) is 3.78. The van der Waals surface area contributed by atoms with Gasteiger partial charge in [0.2, 0.25) is 5.91 Å². The molecule has 0 saturated carbocycles. The quantitative estimate of drug-likeness (QED) is 0.764. The van der Waals surface area contributed by atoms with Crippen LogP contribution < -0.4 is 10.6 Å². The molecule has 4 heteroatoms. The summed E-state index contributed by atoms with van der Waals surface area (Å²) in [5.41, 5.74) is 0.933. The molecule has 3 unspecified atom stereocenters. The van der Waals surface area contributed by atoms with Gasteiger partial charge in [-0.15, -0.1) is 0 Å². The van der Waals surface area contributed by atoms with Gasteiger partial charge in [0.15, 0.2) is 0 Å². The van der Waals surface area contributed by atoms with Gasteiger partial charge in [0, 0.05) is 0 Å². The van der Waals surface area contributed by atoms with Gasteiger partial charge in [-0.2, -0.15) is 0 Å². The molecule has 104 valence electrons. The third-order valence-electron chi connectivity index (χ3n) is 3.68. The normalized spacial score (nSPS) is 24.7. The van der Waals surface area contributed by atoms with E-state index in [1.165, 1.54) is 0 Å². The van der Waals surface area contributed by atoms with E-state index in [0.717, 1.165) is 24.9 Å². The summed E-state index contributed by atoms with van der Waals surface area (Å²) in [6, 6.07) is 9.10. The summed E-state index contributed by atoms with van der Waals surface area (Å²) >= 11 is 0. The minimum atomic E-state index is -0.326. The standard InChI is InChI=1S/C15H22N2O2/c1-11-7-8-16-13(9-11)15(19)17-14(10-18)12-5-3-2-4-6-12/h2-6,11,13-14,16,18H,7-10H2,1H3,(H,17,19). The first-order valence-corrected chi connectivity index (χ1v) is 6.90. The summed E-state index contributed by atoms with van der Waals surface area (Å²) in [6.07, 6.45) is 1.98. The molecule has 3 N–H and O–H groups in total. The zero-order valence-corrected chi connectivity index (χ0v) is 11.3. The monoisotopic (exact) mass is 262 g/mol. The predicted molar refractivity (Wildman–Crippen MR) is 74.6 cm³/mol. The molecule has 1 aliphatic rings. The molecule has 1 amide bonds. The van der Waals surface area contributed by atoms with Gasteiger partial charge >= 0.3 is 0 Å². The summed E-state index contributed by atoms with van der Waals surface area (Å²) in [7, 11) is 0. The van der Waals surface area contributed by atoms with Gasteiger partial charge < -0.3 is 15.7 Å². The van der Waals surface area contributed by atoms with Crippen LogP contribution in [0.15, 0.2) is 30.3 Å². The number of carbonyl (C=O) groups is 1. The first-order valence-electron chi connectivity index (χ1n) is 6.90. The first-order chi connectivity index (χ1) is 9.20. The van der Waals surface area contributed by atoms with Crippen LogP contribution in [0.1, 0.15) is 31.4 Å². The molecule has 0 aromatic heterocycles. The summed E-state index contributed by atoms with van der Waals surface area (Å²) in [4.78, 5) is 12.2. The van der Waals surface area contributed by atoms with Crippen LogP contribution in [0.5, 0.6) is 0 Å². The van der Waals surface area contributed by atoms with E-state index in [1.807, 2.05) is 30.3 Å². The van der Waals surface area contributed by atoms with Crippen LogP contribution in [-0.4, -0.2) is 30.2 Å². The lowest BCUT2D eigenvalue weighted by molar-refractivity contribution is -0.125. The third-order valence-corrected chi connectivity index (χ3v) is 3.68. The molecule has 0 bridgehead atoms. The van der Waals surface area contributed by atoms with Gasteiger partial charge in [-0.3, -0.25) is 4.79 Å². The number of aliphatic hydroxyl groups excluding tert-OH is 1. The maximum Gasteiger partial charge on any atom is 0.237 e. The Morgan fingerprint density at radius 1 is 1.47 bits per heavy atom. The summed E-state index contributed by atoms with van der Waals surface area (Å²) < 4.78 is 0. The summed E-state index contributed by atoms with van der Waals surface area (Å²) in [5.74, 6) is 0.552. The molecule has 4 nitrogen and oxygen atoms in total.